The molecule has 5 heteroatoms. The maximum atomic E-state index is 12.1. The summed E-state index contributed by atoms with van der Waals surface area (Å²) in [6, 6.07) is 5.61. The maximum Gasteiger partial charge on any atom is 0.274 e. The van der Waals surface area contributed by atoms with Crippen molar-refractivity contribution >= 4 is 33.2 Å². The topological polar surface area (TPSA) is 67.5 Å². The van der Waals surface area contributed by atoms with Crippen molar-refractivity contribution in [3.8, 4) is 0 Å². The van der Waals surface area contributed by atoms with Crippen LogP contribution >= 0.6 is 15.9 Å². The molecule has 0 radical (unpaired) electrons. The van der Waals surface area contributed by atoms with Crippen molar-refractivity contribution in [3.05, 3.63) is 52.7 Å². The van der Waals surface area contributed by atoms with Crippen LogP contribution < -0.4 is 11.1 Å². The fourth-order valence-corrected chi connectivity index (χ4v) is 2.03. The first-order valence-corrected chi connectivity index (χ1v) is 6.41. The van der Waals surface area contributed by atoms with Crippen LogP contribution in [0, 0.1) is 6.92 Å². The van der Waals surface area contributed by atoms with Crippen LogP contribution in [0.25, 0.3) is 0 Å². The second-order valence-corrected chi connectivity index (χ2v) is 4.73. The van der Waals surface area contributed by atoms with Gasteiger partial charge in [-0.2, -0.15) is 0 Å². The second-order valence-electron chi connectivity index (χ2n) is 3.81. The van der Waals surface area contributed by atoms with Gasteiger partial charge in [-0.05, 0) is 30.7 Å². The third-order valence-corrected chi connectivity index (χ3v) is 3.04. The normalized spacial score (nSPS) is 12.2. The minimum atomic E-state index is -0.315. The molecule has 4 nitrogen and oxygen atoms in total. The minimum absolute atomic E-state index is 0.250. The van der Waals surface area contributed by atoms with Gasteiger partial charge in [-0.1, -0.05) is 28.6 Å². The number of carbonyl (C=O) groups is 1. The van der Waals surface area contributed by atoms with Crippen molar-refractivity contribution < 1.29 is 4.79 Å². The number of anilines is 1. The van der Waals surface area contributed by atoms with Crippen molar-refractivity contribution in [1.82, 2.24) is 0 Å². The lowest BCUT2D eigenvalue weighted by molar-refractivity contribution is -0.110. The van der Waals surface area contributed by atoms with E-state index in [1.807, 2.05) is 25.1 Å². The Morgan fingerprint density at radius 3 is 2.68 bits per heavy atom. The Hall–Kier alpha value is -1.88. The smallest absolute Gasteiger partial charge is 0.274 e. The van der Waals surface area contributed by atoms with Crippen molar-refractivity contribution in [2.45, 2.75) is 6.92 Å². The van der Waals surface area contributed by atoms with Crippen LogP contribution in [-0.2, 0) is 4.79 Å². The number of aliphatic imine (C=N–C) groups is 1. The first-order valence-electron chi connectivity index (χ1n) is 5.62. The lowest BCUT2D eigenvalue weighted by Crippen LogP contribution is -2.25. The van der Waals surface area contributed by atoms with Crippen LogP contribution in [-0.4, -0.2) is 18.7 Å². The second kappa shape index (κ2) is 6.89. The summed E-state index contributed by atoms with van der Waals surface area (Å²) in [5, 5.41) is 2.80. The van der Waals surface area contributed by atoms with Gasteiger partial charge in [-0.25, -0.2) is 0 Å². The Morgan fingerprint density at radius 1 is 1.53 bits per heavy atom. The average molecular weight is 322 g/mol. The monoisotopic (exact) mass is 321 g/mol. The summed E-state index contributed by atoms with van der Waals surface area (Å²) in [6.45, 7) is 5.52. The van der Waals surface area contributed by atoms with Gasteiger partial charge in [-0.3, -0.25) is 9.79 Å². The predicted molar refractivity (Wildman–Crippen MR) is 83.3 cm³/mol. The minimum Gasteiger partial charge on any atom is -0.404 e. The number of hydrogen-bond donors (Lipinski definition) is 2. The van der Waals surface area contributed by atoms with Gasteiger partial charge in [0.05, 0.1) is 0 Å². The molecule has 0 atom stereocenters. The van der Waals surface area contributed by atoms with Crippen molar-refractivity contribution in [2.75, 3.05) is 12.4 Å². The van der Waals surface area contributed by atoms with E-state index in [1.165, 1.54) is 19.3 Å². The third kappa shape index (κ3) is 3.79. The van der Waals surface area contributed by atoms with Gasteiger partial charge in [0, 0.05) is 29.0 Å². The van der Waals surface area contributed by atoms with Crippen LogP contribution in [0.3, 0.4) is 0 Å². The molecule has 0 aliphatic heterocycles. The van der Waals surface area contributed by atoms with Gasteiger partial charge in [0.25, 0.3) is 5.91 Å². The highest BCUT2D eigenvalue weighted by Crippen LogP contribution is 2.20. The molecule has 19 heavy (non-hydrogen) atoms. The number of halogens is 1. The molecule has 1 amide bonds. The van der Waals surface area contributed by atoms with Gasteiger partial charge in [0.2, 0.25) is 0 Å². The number of amides is 1. The van der Waals surface area contributed by atoms with E-state index in [1.54, 1.807) is 0 Å². The van der Waals surface area contributed by atoms with Crippen LogP contribution in [0.5, 0.6) is 0 Å². The van der Waals surface area contributed by atoms with Crippen molar-refractivity contribution in [1.29, 1.82) is 0 Å². The molecule has 100 valence electrons. The molecule has 3 N–H and O–H groups in total. The molecular weight excluding hydrogens is 306 g/mol. The Morgan fingerprint density at radius 2 is 2.21 bits per heavy atom. The van der Waals surface area contributed by atoms with E-state index in [9.17, 15) is 4.79 Å². The summed E-state index contributed by atoms with van der Waals surface area (Å²) < 4.78 is 0.959. The zero-order valence-corrected chi connectivity index (χ0v) is 12.5. The Bertz CT molecular complexity index is 562. The molecule has 1 aromatic rings. The standard InChI is InChI=1S/C14H16BrN3O/c1-4-10(8-16)13(17-3)14(19)18-12-6-5-11(15)7-9(12)2/h4-8H,1,16H2,2-3H3,(H,18,19)/b10-8-,17-13?. The quantitative estimate of drug-likeness (QED) is 0.661. The highest BCUT2D eigenvalue weighted by atomic mass is 79.9. The molecule has 0 aliphatic carbocycles. The first-order chi connectivity index (χ1) is 9.03. The molecule has 0 saturated heterocycles. The SMILES string of the molecule is C=C/C(=C/N)C(=NC)C(=O)Nc1ccc(Br)cc1C. The Kier molecular flexibility index (Phi) is 5.51. The number of nitrogens with zero attached hydrogens (tertiary/aromatic N) is 1. The van der Waals surface area contributed by atoms with Crippen molar-refractivity contribution in [2.24, 2.45) is 10.7 Å². The molecule has 0 spiro atoms. The molecule has 0 heterocycles. The molecule has 0 aromatic heterocycles. The van der Waals surface area contributed by atoms with Gasteiger partial charge >= 0.3 is 0 Å². The fourth-order valence-electron chi connectivity index (χ4n) is 1.55. The summed E-state index contributed by atoms with van der Waals surface area (Å²) in [4.78, 5) is 16.1. The number of hydrogen-bond acceptors (Lipinski definition) is 3. The number of benzene rings is 1. The highest BCUT2D eigenvalue weighted by Gasteiger charge is 2.14. The van der Waals surface area contributed by atoms with Gasteiger partial charge in [-0.15, -0.1) is 0 Å². The summed E-state index contributed by atoms with van der Waals surface area (Å²) in [5.74, 6) is -0.315. The highest BCUT2D eigenvalue weighted by molar-refractivity contribution is 9.10. The molecule has 0 fully saturated rings. The molecule has 0 saturated carbocycles. The van der Waals surface area contributed by atoms with E-state index in [0.717, 1.165) is 15.7 Å². The molecule has 0 bridgehead atoms. The zero-order chi connectivity index (χ0) is 14.4. The number of rotatable bonds is 4. The van der Waals surface area contributed by atoms with Gasteiger partial charge < -0.3 is 11.1 Å². The van der Waals surface area contributed by atoms with Crippen LogP contribution in [0.2, 0.25) is 0 Å². The molecular formula is C14H16BrN3O. The largest absolute Gasteiger partial charge is 0.404 e. The number of carbonyl (C=O) groups excluding carboxylic acids is 1. The van der Waals surface area contributed by atoms with E-state index < -0.39 is 0 Å². The van der Waals surface area contributed by atoms with E-state index in [-0.39, 0.29) is 11.6 Å². The Balaban J connectivity index is 2.99. The fraction of sp³-hybridized carbons (Fsp3) is 0.143. The lowest BCUT2D eigenvalue weighted by Gasteiger charge is -2.10. The average Bonchev–Trinajstić information content (AvgIpc) is 2.38. The predicted octanol–water partition coefficient (Wildman–Crippen LogP) is 2.80. The summed E-state index contributed by atoms with van der Waals surface area (Å²) in [5.41, 5.74) is 7.87. The third-order valence-electron chi connectivity index (χ3n) is 2.55. The van der Waals surface area contributed by atoms with E-state index in [0.29, 0.717) is 5.57 Å². The Labute approximate surface area is 121 Å². The van der Waals surface area contributed by atoms with Crippen LogP contribution in [0.4, 0.5) is 5.69 Å². The number of aryl methyl sites for hydroxylation is 1. The van der Waals surface area contributed by atoms with Crippen molar-refractivity contribution in [3.63, 3.8) is 0 Å². The molecule has 0 unspecified atom stereocenters. The molecule has 1 rings (SSSR count). The first kappa shape index (κ1) is 15.2. The molecule has 0 aliphatic rings. The summed E-state index contributed by atoms with van der Waals surface area (Å²) >= 11 is 3.38. The van der Waals surface area contributed by atoms with Crippen LogP contribution in [0.1, 0.15) is 5.56 Å². The lowest BCUT2D eigenvalue weighted by atomic mass is 10.1. The number of allylic oxidation sites excluding steroid dienone is 1. The summed E-state index contributed by atoms with van der Waals surface area (Å²) in [6.07, 6.45) is 2.81. The van der Waals surface area contributed by atoms with Gasteiger partial charge in [0.15, 0.2) is 0 Å². The van der Waals surface area contributed by atoms with E-state index in [4.69, 9.17) is 5.73 Å². The number of nitrogens with one attached hydrogen (secondary N) is 1. The number of nitrogens with two attached hydrogens (primary N) is 1. The van der Waals surface area contributed by atoms with E-state index in [2.05, 4.69) is 32.8 Å². The van der Waals surface area contributed by atoms with Crippen LogP contribution in [0.15, 0.2) is 52.1 Å². The summed E-state index contributed by atoms with van der Waals surface area (Å²) in [7, 11) is 1.54. The molecule has 1 aromatic carbocycles. The maximum absolute atomic E-state index is 12.1. The van der Waals surface area contributed by atoms with E-state index >= 15 is 0 Å². The zero-order valence-electron chi connectivity index (χ0n) is 10.9. The van der Waals surface area contributed by atoms with Gasteiger partial charge in [0.1, 0.15) is 5.71 Å².